The number of carbonyl (C=O) groups excluding carboxylic acids is 12. The standard InChI is InChI=1S/C79H125F5N12O13/c1-15-36-109-44-61-67(99)86-65(49(6)16-2)74(106)94-35-23-27-57(94)72(104)91(12)56-26-19-18-22-34-95(73(56)105)60(40-50-30-28-47(4)29-31-50)71(103)89(10)43-62(97)85-55(33-32-51-38-53(80)64(54(81)39-51)79(82,83)84)69(101)96-42-48(5)37-58(96)68(100)87-78(45-77(7,8)46-78)76(108)93(14)66(52-24-20-21-25-52)75(107)92(13)59(41-63(98)90(61)11)70(102)88(9)17-3/h18-19,47-61,64-66H,15-17,20-46H2,1-14H3,(H,85,97)(H,86,99)(H,87,100)/b19-18-/t47?,48-,49+,50?,51?,53?,54?,55+,56+,57+,58+,59+,60+,61+,64?,65+,66+/m1/s1. The van der Waals surface area contributed by atoms with Crippen molar-refractivity contribution in [2.45, 2.75) is 282 Å². The van der Waals surface area contributed by atoms with E-state index < -0.39 is 204 Å². The van der Waals surface area contributed by atoms with E-state index in [-0.39, 0.29) is 103 Å². The quantitative estimate of drug-likeness (QED) is 0.0901. The van der Waals surface area contributed by atoms with E-state index in [4.69, 9.17) is 4.74 Å². The van der Waals surface area contributed by atoms with Gasteiger partial charge in [-0.15, -0.1) is 0 Å². The molecule has 4 aliphatic heterocycles. The molecule has 25 nitrogen and oxygen atoms in total. The summed E-state index contributed by atoms with van der Waals surface area (Å²) in [5.41, 5.74) is -2.23. The number of alkyl halides is 5. The van der Waals surface area contributed by atoms with Crippen LogP contribution in [0, 0.1) is 46.8 Å². The first-order valence-corrected chi connectivity index (χ1v) is 40.3. The number of carbonyl (C=O) groups is 12. The lowest BCUT2D eigenvalue weighted by atomic mass is 9.58. The zero-order valence-electron chi connectivity index (χ0n) is 67.0. The normalized spacial score (nSPS) is 33.3. The van der Waals surface area contributed by atoms with Gasteiger partial charge in [0.25, 0.3) is 0 Å². The fourth-order valence-corrected chi connectivity index (χ4v) is 18.7. The average Bonchev–Trinajstić information content (AvgIpc) is 1.20. The Balaban J connectivity index is 1.22. The molecule has 614 valence electrons. The van der Waals surface area contributed by atoms with Crippen LogP contribution >= 0.6 is 0 Å². The maximum atomic E-state index is 15.8. The van der Waals surface area contributed by atoms with Crippen molar-refractivity contribution in [3.05, 3.63) is 12.2 Å². The first-order chi connectivity index (χ1) is 51.3. The fourth-order valence-electron chi connectivity index (χ4n) is 18.7. The lowest BCUT2D eigenvalue weighted by molar-refractivity contribution is -0.219. The molecule has 4 saturated carbocycles. The second-order valence-electron chi connectivity index (χ2n) is 34.2. The number of amides is 12. The first-order valence-electron chi connectivity index (χ1n) is 40.3. The molecule has 1 spiro atoms. The summed E-state index contributed by atoms with van der Waals surface area (Å²) in [6.07, 6.45) is -1.53. The van der Waals surface area contributed by atoms with Gasteiger partial charge in [0.05, 0.1) is 19.6 Å². The van der Waals surface area contributed by atoms with E-state index in [0.717, 1.165) is 35.5 Å². The number of likely N-dealkylation sites (N-methyl/N-ethyl adjacent to an activating group) is 6. The van der Waals surface area contributed by atoms with Gasteiger partial charge in [-0.3, -0.25) is 57.5 Å². The van der Waals surface area contributed by atoms with Gasteiger partial charge in [0, 0.05) is 75.1 Å². The van der Waals surface area contributed by atoms with Crippen LogP contribution in [0.15, 0.2) is 12.2 Å². The number of fused-ring (bicyclic) bond motifs is 4. The van der Waals surface area contributed by atoms with Gasteiger partial charge < -0.3 is 64.8 Å². The molecule has 13 atom stereocenters. The van der Waals surface area contributed by atoms with Crippen LogP contribution in [-0.2, 0) is 62.3 Å². The number of nitrogens with zero attached hydrogens (tertiary/aromatic N) is 9. The molecule has 0 aromatic rings. The number of hydrogen-bond donors (Lipinski definition) is 3. The van der Waals surface area contributed by atoms with Gasteiger partial charge >= 0.3 is 6.18 Å². The summed E-state index contributed by atoms with van der Waals surface area (Å²) in [4.78, 5) is 196. The highest BCUT2D eigenvalue weighted by Crippen LogP contribution is 2.50. The third-order valence-corrected chi connectivity index (χ3v) is 25.3. The van der Waals surface area contributed by atoms with Gasteiger partial charge in [-0.2, -0.15) is 13.2 Å². The van der Waals surface area contributed by atoms with Gasteiger partial charge in [-0.25, -0.2) is 8.78 Å². The number of rotatable bonds is 14. The minimum absolute atomic E-state index is 0.0272. The zero-order valence-corrected chi connectivity index (χ0v) is 67.0. The predicted octanol–water partition coefficient (Wildman–Crippen LogP) is 6.98. The van der Waals surface area contributed by atoms with Gasteiger partial charge in [0.2, 0.25) is 70.9 Å². The molecule has 109 heavy (non-hydrogen) atoms. The first kappa shape index (κ1) is 87.6. The van der Waals surface area contributed by atoms with E-state index in [1.165, 1.54) is 76.6 Å². The molecule has 3 saturated heterocycles. The predicted molar refractivity (Wildman–Crippen MR) is 397 cm³/mol. The summed E-state index contributed by atoms with van der Waals surface area (Å²) in [5, 5.41) is 8.74. The van der Waals surface area contributed by atoms with Crippen molar-refractivity contribution in [1.82, 2.24) is 60.0 Å². The molecule has 30 heteroatoms. The maximum absolute atomic E-state index is 15.8. The lowest BCUT2D eigenvalue weighted by Gasteiger charge is -2.54. The Morgan fingerprint density at radius 1 is 0.661 bits per heavy atom. The third-order valence-electron chi connectivity index (χ3n) is 25.3. The number of halogens is 5. The van der Waals surface area contributed by atoms with Gasteiger partial charge in [0.1, 0.15) is 78.2 Å². The lowest BCUT2D eigenvalue weighted by Crippen LogP contribution is -2.71. The molecular weight excluding hydrogens is 1420 g/mol. The minimum Gasteiger partial charge on any atom is -0.379 e. The summed E-state index contributed by atoms with van der Waals surface area (Å²) < 4.78 is 79.0. The van der Waals surface area contributed by atoms with Gasteiger partial charge in [0.15, 0.2) is 0 Å². The van der Waals surface area contributed by atoms with E-state index in [9.17, 15) is 22.8 Å². The maximum Gasteiger partial charge on any atom is 0.397 e. The van der Waals surface area contributed by atoms with Crippen molar-refractivity contribution in [2.75, 3.05) is 88.2 Å². The van der Waals surface area contributed by atoms with E-state index in [1.807, 2.05) is 33.8 Å². The number of ether oxygens (including phenoxy) is 1. The number of nitrogens with one attached hydrogen (secondary N) is 3. The molecule has 12 amide bonds. The van der Waals surface area contributed by atoms with Crippen LogP contribution in [0.2, 0.25) is 0 Å². The SMILES string of the molecule is CCCOC[C@H]1C(=O)N[C@@H]([C@@H](C)CC)C(=O)N2CCC[C@H]2C(=O)N(C)[C@H]2C/C=C\CCN(C2=O)[C@@H](CC2CCC(C)CC2)C(=O)N(C)CC(=O)N[C@@H](CCC2CC(F)C(C(F)(F)F)C(F)C2)C(=O)N2C[C@H](C)C[C@H]2C(=O)NC2(CC(C)(C)C2)C(=O)N(C)[C@@H](C2CCCC2)C(=O)N(C)[C@H](C(=O)N(C)CC)CC(=O)N1C. The molecule has 4 heterocycles. The monoisotopic (exact) mass is 1540 g/mol. The van der Waals surface area contributed by atoms with Crippen molar-refractivity contribution < 1.29 is 84.2 Å². The highest BCUT2D eigenvalue weighted by Gasteiger charge is 2.60. The average molecular weight is 1550 g/mol. The third kappa shape index (κ3) is 20.6. The van der Waals surface area contributed by atoms with E-state index in [2.05, 4.69) is 22.9 Å². The Bertz CT molecular complexity index is 3280. The van der Waals surface area contributed by atoms with E-state index >= 15 is 56.7 Å². The summed E-state index contributed by atoms with van der Waals surface area (Å²) in [5.74, 6) is -13.1. The fraction of sp³-hybridized carbons (Fsp3) is 0.823. The van der Waals surface area contributed by atoms with E-state index in [1.54, 1.807) is 26.8 Å². The highest BCUT2D eigenvalue weighted by atomic mass is 19.4. The topological polar surface area (TPSA) is 279 Å². The largest absolute Gasteiger partial charge is 0.397 e. The van der Waals surface area contributed by atoms with E-state index in [0.29, 0.717) is 57.3 Å². The van der Waals surface area contributed by atoms with Crippen LogP contribution in [-0.4, -0.2) is 282 Å². The second-order valence-corrected chi connectivity index (χ2v) is 34.2. The van der Waals surface area contributed by atoms with Crippen molar-refractivity contribution >= 4 is 70.9 Å². The van der Waals surface area contributed by atoms with Gasteiger partial charge in [-0.1, -0.05) is 106 Å². The smallest absolute Gasteiger partial charge is 0.379 e. The van der Waals surface area contributed by atoms with Crippen molar-refractivity contribution in [3.8, 4) is 0 Å². The van der Waals surface area contributed by atoms with Gasteiger partial charge in [-0.05, 0) is 144 Å². The Morgan fingerprint density at radius 2 is 1.31 bits per heavy atom. The molecule has 4 aliphatic carbocycles. The van der Waals surface area contributed by atoms with Crippen LogP contribution in [0.25, 0.3) is 0 Å². The molecule has 0 aromatic carbocycles. The van der Waals surface area contributed by atoms with Crippen molar-refractivity contribution in [3.63, 3.8) is 0 Å². The summed E-state index contributed by atoms with van der Waals surface area (Å²) >= 11 is 0. The molecule has 8 aliphatic rings. The Hall–Kier alpha value is -7.01. The molecule has 7 fully saturated rings. The van der Waals surface area contributed by atoms with Crippen LogP contribution in [0.1, 0.15) is 203 Å². The second kappa shape index (κ2) is 37.5. The zero-order chi connectivity index (χ0) is 80.5. The van der Waals surface area contributed by atoms with Crippen LogP contribution in [0.4, 0.5) is 22.0 Å². The molecule has 8 rings (SSSR count). The van der Waals surface area contributed by atoms with Crippen LogP contribution in [0.5, 0.6) is 0 Å². The van der Waals surface area contributed by atoms with Crippen molar-refractivity contribution in [1.29, 1.82) is 0 Å². The van der Waals surface area contributed by atoms with Crippen LogP contribution < -0.4 is 16.0 Å². The Kier molecular flexibility index (Phi) is 30.2. The Morgan fingerprint density at radius 3 is 1.92 bits per heavy atom. The molecule has 2 unspecified atom stereocenters. The summed E-state index contributed by atoms with van der Waals surface area (Å²) in [6, 6.07) is -11.8. The molecule has 0 radical (unpaired) electrons. The minimum atomic E-state index is -5.17. The number of hydrogen-bond acceptors (Lipinski definition) is 13. The molecular formula is C79H125F5N12O13. The highest BCUT2D eigenvalue weighted by molar-refractivity contribution is 6.01. The van der Waals surface area contributed by atoms with Crippen molar-refractivity contribution in [2.24, 2.45) is 46.8 Å². The Labute approximate surface area is 641 Å². The van der Waals surface area contributed by atoms with Crippen LogP contribution in [0.3, 0.4) is 0 Å². The summed E-state index contributed by atoms with van der Waals surface area (Å²) in [6.45, 7) is 14.3. The summed E-state index contributed by atoms with van der Waals surface area (Å²) in [7, 11) is 8.59. The molecule has 3 N–H and O–H groups in total. The molecule has 2 bridgehead atoms. The molecule has 0 aromatic heterocycles.